The molecule has 0 aliphatic carbocycles. The first-order chi connectivity index (χ1) is 5.93. The third kappa shape index (κ3) is 4.07. The third-order valence-corrected chi connectivity index (χ3v) is 2.35. The van der Waals surface area contributed by atoms with Crippen molar-refractivity contribution in [3.05, 3.63) is 0 Å². The molecule has 0 aromatic rings. The summed E-state index contributed by atoms with van der Waals surface area (Å²) in [4.78, 5) is 0. The van der Waals surface area contributed by atoms with Gasteiger partial charge in [-0.3, -0.25) is 0 Å². The monoisotopic (exact) mass is 171 g/mol. The Kier molecular flexibility index (Phi) is 5.37. The van der Waals surface area contributed by atoms with Crippen LogP contribution in [0.1, 0.15) is 39.0 Å². The first-order valence-electron chi connectivity index (χ1n) is 5.26. The topological polar surface area (TPSA) is 21.3 Å². The molecule has 1 unspecified atom stereocenters. The smallest absolute Gasteiger partial charge is 0.0700 e. The van der Waals surface area contributed by atoms with Crippen LogP contribution < -0.4 is 5.32 Å². The molecule has 1 fully saturated rings. The van der Waals surface area contributed by atoms with E-state index in [1.165, 1.54) is 32.1 Å². The van der Waals surface area contributed by atoms with Crippen LogP contribution in [0.5, 0.6) is 0 Å². The van der Waals surface area contributed by atoms with E-state index in [-0.39, 0.29) is 0 Å². The van der Waals surface area contributed by atoms with Crippen LogP contribution in [0.25, 0.3) is 0 Å². The lowest BCUT2D eigenvalue weighted by atomic mass is 10.2. The molecule has 1 aliphatic rings. The Labute approximate surface area is 75.7 Å². The van der Waals surface area contributed by atoms with Crippen molar-refractivity contribution in [2.24, 2.45) is 0 Å². The van der Waals surface area contributed by atoms with E-state index in [1.54, 1.807) is 0 Å². The fourth-order valence-electron chi connectivity index (χ4n) is 1.57. The number of ether oxygens (including phenoxy) is 1. The van der Waals surface area contributed by atoms with Crippen molar-refractivity contribution in [3.8, 4) is 0 Å². The van der Waals surface area contributed by atoms with Crippen molar-refractivity contribution in [3.63, 3.8) is 0 Å². The number of hydrogen-bond donors (Lipinski definition) is 1. The molecule has 0 aromatic heterocycles. The van der Waals surface area contributed by atoms with Crippen molar-refractivity contribution in [2.45, 2.75) is 45.1 Å². The van der Waals surface area contributed by atoms with Gasteiger partial charge in [-0.1, -0.05) is 19.8 Å². The number of unbranched alkanes of at least 4 members (excludes halogenated alkanes) is 2. The molecule has 1 atom stereocenters. The van der Waals surface area contributed by atoms with Crippen LogP contribution in [0.4, 0.5) is 0 Å². The second kappa shape index (κ2) is 6.44. The summed E-state index contributed by atoms with van der Waals surface area (Å²) < 4.78 is 5.50. The molecular weight excluding hydrogens is 150 g/mol. The van der Waals surface area contributed by atoms with Gasteiger partial charge in [0.05, 0.1) is 6.10 Å². The second-order valence-electron chi connectivity index (χ2n) is 3.55. The first-order valence-corrected chi connectivity index (χ1v) is 5.26. The standard InChI is InChI=1S/C10H21NO/c1-2-3-4-7-11-9-10-6-5-8-12-10/h10-11H,2-9H2,1H3. The maximum atomic E-state index is 5.50. The largest absolute Gasteiger partial charge is 0.377 e. The van der Waals surface area contributed by atoms with E-state index in [1.807, 2.05) is 0 Å². The minimum absolute atomic E-state index is 0.506. The van der Waals surface area contributed by atoms with Crippen LogP contribution >= 0.6 is 0 Å². The van der Waals surface area contributed by atoms with E-state index in [9.17, 15) is 0 Å². The summed E-state index contributed by atoms with van der Waals surface area (Å²) >= 11 is 0. The van der Waals surface area contributed by atoms with Gasteiger partial charge >= 0.3 is 0 Å². The van der Waals surface area contributed by atoms with Gasteiger partial charge in [-0.05, 0) is 25.8 Å². The molecule has 72 valence electrons. The maximum Gasteiger partial charge on any atom is 0.0700 e. The van der Waals surface area contributed by atoms with Crippen LogP contribution in [-0.4, -0.2) is 25.8 Å². The predicted molar refractivity (Wildman–Crippen MR) is 51.4 cm³/mol. The molecule has 2 heteroatoms. The highest BCUT2D eigenvalue weighted by Crippen LogP contribution is 2.10. The quantitative estimate of drug-likeness (QED) is 0.617. The molecule has 1 rings (SSSR count). The SMILES string of the molecule is CCCCCNCC1CCCO1. The highest BCUT2D eigenvalue weighted by molar-refractivity contribution is 4.66. The Morgan fingerprint density at radius 3 is 3.00 bits per heavy atom. The van der Waals surface area contributed by atoms with Gasteiger partial charge in [0.25, 0.3) is 0 Å². The third-order valence-electron chi connectivity index (χ3n) is 2.35. The summed E-state index contributed by atoms with van der Waals surface area (Å²) in [5.74, 6) is 0. The van der Waals surface area contributed by atoms with E-state index in [0.717, 1.165) is 19.7 Å². The summed E-state index contributed by atoms with van der Waals surface area (Å²) in [7, 11) is 0. The zero-order valence-electron chi connectivity index (χ0n) is 8.14. The Bertz CT molecular complexity index is 100. The van der Waals surface area contributed by atoms with E-state index in [4.69, 9.17) is 4.74 Å². The van der Waals surface area contributed by atoms with Crippen LogP contribution in [0.15, 0.2) is 0 Å². The van der Waals surface area contributed by atoms with E-state index in [2.05, 4.69) is 12.2 Å². The maximum absolute atomic E-state index is 5.50. The molecule has 0 amide bonds. The summed E-state index contributed by atoms with van der Waals surface area (Å²) in [6.07, 6.45) is 6.97. The molecule has 2 nitrogen and oxygen atoms in total. The van der Waals surface area contributed by atoms with Gasteiger partial charge in [0.2, 0.25) is 0 Å². The fraction of sp³-hybridized carbons (Fsp3) is 1.00. The van der Waals surface area contributed by atoms with Gasteiger partial charge in [-0.2, -0.15) is 0 Å². The van der Waals surface area contributed by atoms with Crippen LogP contribution in [0.3, 0.4) is 0 Å². The van der Waals surface area contributed by atoms with Crippen molar-refractivity contribution < 1.29 is 4.74 Å². The highest BCUT2D eigenvalue weighted by Gasteiger charge is 2.13. The number of hydrogen-bond acceptors (Lipinski definition) is 2. The van der Waals surface area contributed by atoms with Crippen molar-refractivity contribution >= 4 is 0 Å². The van der Waals surface area contributed by atoms with Gasteiger partial charge < -0.3 is 10.1 Å². The molecule has 1 N–H and O–H groups in total. The van der Waals surface area contributed by atoms with Crippen molar-refractivity contribution in [1.82, 2.24) is 5.32 Å². The lowest BCUT2D eigenvalue weighted by molar-refractivity contribution is 0.110. The Balaban J connectivity index is 1.81. The first kappa shape index (κ1) is 10.0. The molecule has 1 heterocycles. The molecule has 12 heavy (non-hydrogen) atoms. The van der Waals surface area contributed by atoms with Crippen molar-refractivity contribution in [1.29, 1.82) is 0 Å². The van der Waals surface area contributed by atoms with E-state index in [0.29, 0.717) is 6.10 Å². The van der Waals surface area contributed by atoms with Gasteiger partial charge in [0.15, 0.2) is 0 Å². The minimum atomic E-state index is 0.506. The fourth-order valence-corrected chi connectivity index (χ4v) is 1.57. The molecule has 0 spiro atoms. The highest BCUT2D eigenvalue weighted by atomic mass is 16.5. The molecule has 1 saturated heterocycles. The van der Waals surface area contributed by atoms with Gasteiger partial charge in [0, 0.05) is 13.2 Å². The number of nitrogens with one attached hydrogen (secondary N) is 1. The molecule has 0 aromatic carbocycles. The summed E-state index contributed by atoms with van der Waals surface area (Å²) in [5.41, 5.74) is 0. The molecule has 0 bridgehead atoms. The van der Waals surface area contributed by atoms with Crippen LogP contribution in [-0.2, 0) is 4.74 Å². The van der Waals surface area contributed by atoms with E-state index >= 15 is 0 Å². The Morgan fingerprint density at radius 1 is 1.42 bits per heavy atom. The average molecular weight is 171 g/mol. The van der Waals surface area contributed by atoms with Gasteiger partial charge in [-0.25, -0.2) is 0 Å². The zero-order chi connectivity index (χ0) is 8.65. The normalized spacial score (nSPS) is 23.2. The predicted octanol–water partition coefficient (Wildman–Crippen LogP) is 1.95. The lowest BCUT2D eigenvalue weighted by Crippen LogP contribution is -2.26. The zero-order valence-corrected chi connectivity index (χ0v) is 8.14. The van der Waals surface area contributed by atoms with Crippen LogP contribution in [0.2, 0.25) is 0 Å². The molecule has 0 radical (unpaired) electrons. The molecule has 1 aliphatic heterocycles. The summed E-state index contributed by atoms with van der Waals surface area (Å²) in [6, 6.07) is 0. The second-order valence-corrected chi connectivity index (χ2v) is 3.55. The van der Waals surface area contributed by atoms with Crippen molar-refractivity contribution in [2.75, 3.05) is 19.7 Å². The molecular formula is C10H21NO. The van der Waals surface area contributed by atoms with Crippen LogP contribution in [0, 0.1) is 0 Å². The summed E-state index contributed by atoms with van der Waals surface area (Å²) in [5, 5.41) is 3.44. The summed E-state index contributed by atoms with van der Waals surface area (Å²) in [6.45, 7) is 5.43. The number of rotatable bonds is 6. The van der Waals surface area contributed by atoms with Gasteiger partial charge in [-0.15, -0.1) is 0 Å². The van der Waals surface area contributed by atoms with Gasteiger partial charge in [0.1, 0.15) is 0 Å². The Morgan fingerprint density at radius 2 is 2.33 bits per heavy atom. The average Bonchev–Trinajstić information content (AvgIpc) is 2.57. The van der Waals surface area contributed by atoms with E-state index < -0.39 is 0 Å². The lowest BCUT2D eigenvalue weighted by Gasteiger charge is -2.09. The molecule has 0 saturated carbocycles. The minimum Gasteiger partial charge on any atom is -0.377 e. The Hall–Kier alpha value is -0.0800.